The van der Waals surface area contributed by atoms with Crippen molar-refractivity contribution in [1.82, 2.24) is 15.1 Å². The third kappa shape index (κ3) is 4.41. The van der Waals surface area contributed by atoms with Crippen molar-refractivity contribution in [1.29, 1.82) is 0 Å². The summed E-state index contributed by atoms with van der Waals surface area (Å²) in [5.41, 5.74) is 3.15. The zero-order valence-electron chi connectivity index (χ0n) is 18.4. The van der Waals surface area contributed by atoms with Crippen LogP contribution in [0.5, 0.6) is 0 Å². The van der Waals surface area contributed by atoms with Crippen LogP contribution in [0.25, 0.3) is 0 Å². The third-order valence-corrected chi connectivity index (χ3v) is 6.58. The van der Waals surface area contributed by atoms with Gasteiger partial charge in [0.15, 0.2) is 11.6 Å². The fourth-order valence-corrected chi connectivity index (χ4v) is 4.26. The summed E-state index contributed by atoms with van der Waals surface area (Å²) in [7, 11) is 0. The number of piperazine rings is 2. The summed E-state index contributed by atoms with van der Waals surface area (Å²) in [6, 6.07) is 10.1. The molecular formula is C23H33N6O+. The van der Waals surface area contributed by atoms with Crippen LogP contribution in [0, 0.1) is 13.8 Å². The van der Waals surface area contributed by atoms with Crippen LogP contribution in [0.4, 0.5) is 11.6 Å². The number of quaternary nitrogens is 1. The standard InChI is InChI=1S/C23H32N6O/c1-4-26-9-11-27(12-10-26)21-7-8-22(25-24-21)28-13-15-29(16-14-28)23(30)20-6-5-18(2)19(3)17-20/h5-8,17H,4,9-16H2,1-3H3/p+1. The topological polar surface area (TPSA) is 57.0 Å². The number of hydrogen-bond acceptors (Lipinski definition) is 5. The molecule has 0 atom stereocenters. The molecule has 1 aromatic heterocycles. The van der Waals surface area contributed by atoms with Crippen molar-refractivity contribution in [3.63, 3.8) is 0 Å². The molecule has 1 N–H and O–H groups in total. The quantitative estimate of drug-likeness (QED) is 0.809. The van der Waals surface area contributed by atoms with E-state index in [0.29, 0.717) is 13.1 Å². The molecule has 7 heteroatoms. The zero-order valence-corrected chi connectivity index (χ0v) is 18.4. The molecule has 0 unspecified atom stereocenters. The molecule has 1 amide bonds. The van der Waals surface area contributed by atoms with E-state index in [0.717, 1.165) is 62.0 Å². The first-order valence-electron chi connectivity index (χ1n) is 11.1. The van der Waals surface area contributed by atoms with Crippen LogP contribution in [0.3, 0.4) is 0 Å². The summed E-state index contributed by atoms with van der Waals surface area (Å²) in [5, 5.41) is 8.98. The Morgan fingerprint density at radius 2 is 1.47 bits per heavy atom. The number of carbonyl (C=O) groups excluding carboxylic acids is 1. The molecule has 7 nitrogen and oxygen atoms in total. The number of aryl methyl sites for hydroxylation is 2. The van der Waals surface area contributed by atoms with Crippen LogP contribution in [-0.2, 0) is 0 Å². The predicted octanol–water partition coefficient (Wildman–Crippen LogP) is 0.781. The van der Waals surface area contributed by atoms with Crippen LogP contribution in [0.1, 0.15) is 28.4 Å². The molecule has 30 heavy (non-hydrogen) atoms. The number of aromatic nitrogens is 2. The Balaban J connectivity index is 1.32. The van der Waals surface area contributed by atoms with E-state index in [1.165, 1.54) is 12.1 Å². The van der Waals surface area contributed by atoms with Crippen molar-refractivity contribution < 1.29 is 9.69 Å². The zero-order chi connectivity index (χ0) is 21.1. The summed E-state index contributed by atoms with van der Waals surface area (Å²) < 4.78 is 0. The lowest BCUT2D eigenvalue weighted by molar-refractivity contribution is -0.898. The number of hydrogen-bond donors (Lipinski definition) is 1. The van der Waals surface area contributed by atoms with Gasteiger partial charge in [0.1, 0.15) is 0 Å². The van der Waals surface area contributed by atoms with Gasteiger partial charge in [0.25, 0.3) is 5.91 Å². The number of amides is 1. The molecule has 3 heterocycles. The maximum Gasteiger partial charge on any atom is 0.253 e. The molecule has 1 aromatic carbocycles. The van der Waals surface area contributed by atoms with Gasteiger partial charge in [0.2, 0.25) is 0 Å². The molecule has 2 aromatic rings. The van der Waals surface area contributed by atoms with Gasteiger partial charge in [-0.15, -0.1) is 10.2 Å². The number of likely N-dealkylation sites (N-methyl/N-ethyl adjacent to an activating group) is 1. The SMILES string of the molecule is CC[NH+]1CCN(c2ccc(N3CCN(C(=O)c4ccc(C)c(C)c4)CC3)nn2)CC1. The third-order valence-electron chi connectivity index (χ3n) is 6.58. The molecule has 2 saturated heterocycles. The van der Waals surface area contributed by atoms with Crippen molar-refractivity contribution in [2.45, 2.75) is 20.8 Å². The molecule has 2 aliphatic rings. The Morgan fingerprint density at radius 3 is 2.00 bits per heavy atom. The second kappa shape index (κ2) is 9.00. The van der Waals surface area contributed by atoms with E-state index in [1.54, 1.807) is 4.90 Å². The maximum atomic E-state index is 12.8. The monoisotopic (exact) mass is 409 g/mol. The molecule has 0 aliphatic carbocycles. The second-order valence-corrected chi connectivity index (χ2v) is 8.42. The van der Waals surface area contributed by atoms with E-state index < -0.39 is 0 Å². The fourth-order valence-electron chi connectivity index (χ4n) is 4.26. The molecule has 2 fully saturated rings. The van der Waals surface area contributed by atoms with Gasteiger partial charge in [-0.3, -0.25) is 4.79 Å². The minimum atomic E-state index is 0.118. The van der Waals surface area contributed by atoms with E-state index >= 15 is 0 Å². The van der Waals surface area contributed by atoms with E-state index in [-0.39, 0.29) is 5.91 Å². The first-order chi connectivity index (χ1) is 14.5. The van der Waals surface area contributed by atoms with Gasteiger partial charge >= 0.3 is 0 Å². The number of carbonyl (C=O) groups is 1. The van der Waals surface area contributed by atoms with Crippen LogP contribution in [-0.4, -0.2) is 79.9 Å². The number of nitrogens with zero attached hydrogens (tertiary/aromatic N) is 5. The number of anilines is 2. The highest BCUT2D eigenvalue weighted by atomic mass is 16.2. The Bertz CT molecular complexity index is 868. The van der Waals surface area contributed by atoms with E-state index in [1.807, 2.05) is 23.1 Å². The normalized spacial score (nSPS) is 18.0. The van der Waals surface area contributed by atoms with Gasteiger partial charge in [-0.05, 0) is 56.2 Å². The lowest BCUT2D eigenvalue weighted by Gasteiger charge is -2.35. The van der Waals surface area contributed by atoms with Gasteiger partial charge in [-0.1, -0.05) is 6.07 Å². The minimum absolute atomic E-state index is 0.118. The molecular weight excluding hydrogens is 376 g/mol. The maximum absolute atomic E-state index is 12.8. The summed E-state index contributed by atoms with van der Waals surface area (Å²) >= 11 is 0. The van der Waals surface area contributed by atoms with Gasteiger partial charge in [0.05, 0.1) is 32.7 Å². The second-order valence-electron chi connectivity index (χ2n) is 8.42. The molecule has 0 bridgehead atoms. The Hall–Kier alpha value is -2.67. The molecule has 4 rings (SSSR count). The van der Waals surface area contributed by atoms with Crippen molar-refractivity contribution in [3.05, 3.63) is 47.0 Å². The van der Waals surface area contributed by atoms with Crippen LogP contribution < -0.4 is 14.7 Å². The first-order valence-corrected chi connectivity index (χ1v) is 11.1. The van der Waals surface area contributed by atoms with Crippen molar-refractivity contribution in [2.24, 2.45) is 0 Å². The highest BCUT2D eigenvalue weighted by Crippen LogP contribution is 2.18. The predicted molar refractivity (Wildman–Crippen MR) is 120 cm³/mol. The molecule has 160 valence electrons. The first kappa shape index (κ1) is 20.6. The number of rotatable bonds is 4. The summed E-state index contributed by atoms with van der Waals surface area (Å²) in [4.78, 5) is 21.0. The van der Waals surface area contributed by atoms with Crippen molar-refractivity contribution in [3.8, 4) is 0 Å². The van der Waals surface area contributed by atoms with Crippen LogP contribution in [0.15, 0.2) is 30.3 Å². The van der Waals surface area contributed by atoms with Gasteiger partial charge in [-0.25, -0.2) is 0 Å². The molecule has 0 spiro atoms. The Morgan fingerprint density at radius 1 is 0.867 bits per heavy atom. The van der Waals surface area contributed by atoms with Crippen molar-refractivity contribution >= 4 is 17.5 Å². The summed E-state index contributed by atoms with van der Waals surface area (Å²) in [6.07, 6.45) is 0. The molecule has 0 radical (unpaired) electrons. The highest BCUT2D eigenvalue weighted by Gasteiger charge is 2.24. The fraction of sp³-hybridized carbons (Fsp3) is 0.522. The van der Waals surface area contributed by atoms with Gasteiger partial charge < -0.3 is 19.6 Å². The smallest absolute Gasteiger partial charge is 0.253 e. The Labute approximate surface area is 179 Å². The van der Waals surface area contributed by atoms with Crippen LogP contribution in [0.2, 0.25) is 0 Å². The average molecular weight is 410 g/mol. The minimum Gasteiger partial charge on any atom is -0.352 e. The number of benzene rings is 1. The van der Waals surface area contributed by atoms with Crippen LogP contribution >= 0.6 is 0 Å². The Kier molecular flexibility index (Phi) is 6.18. The lowest BCUT2D eigenvalue weighted by atomic mass is 10.1. The lowest BCUT2D eigenvalue weighted by Crippen LogP contribution is -3.14. The van der Waals surface area contributed by atoms with Gasteiger partial charge in [-0.2, -0.15) is 0 Å². The molecule has 2 aliphatic heterocycles. The van der Waals surface area contributed by atoms with E-state index in [9.17, 15) is 4.79 Å². The summed E-state index contributed by atoms with van der Waals surface area (Å²) in [5.74, 6) is 1.99. The summed E-state index contributed by atoms with van der Waals surface area (Å²) in [6.45, 7) is 14.9. The van der Waals surface area contributed by atoms with E-state index in [4.69, 9.17) is 0 Å². The van der Waals surface area contributed by atoms with E-state index in [2.05, 4.69) is 52.9 Å². The largest absolute Gasteiger partial charge is 0.352 e. The van der Waals surface area contributed by atoms with Crippen molar-refractivity contribution in [2.75, 3.05) is 68.7 Å². The average Bonchev–Trinajstić information content (AvgIpc) is 2.81. The highest BCUT2D eigenvalue weighted by molar-refractivity contribution is 5.94. The number of nitrogens with one attached hydrogen (secondary N) is 1. The molecule has 0 saturated carbocycles. The van der Waals surface area contributed by atoms with Gasteiger partial charge in [0, 0.05) is 31.7 Å².